The Bertz CT molecular complexity index is 647. The van der Waals surface area contributed by atoms with Crippen molar-refractivity contribution < 1.29 is 4.74 Å². The largest absolute Gasteiger partial charge is 0.497 e. The SMILES string of the molecule is CN=C(NCC(c1ccc(OC)cc1)N1CCCC1)N1CCC2(CCC2)C1. The van der Waals surface area contributed by atoms with Gasteiger partial charge >= 0.3 is 0 Å². The molecule has 0 bridgehead atoms. The summed E-state index contributed by atoms with van der Waals surface area (Å²) < 4.78 is 5.34. The number of rotatable bonds is 5. The fraction of sp³-hybridized carbons (Fsp3) is 0.682. The first-order valence-electron chi connectivity index (χ1n) is 10.6. The molecule has 1 N–H and O–H groups in total. The first-order chi connectivity index (χ1) is 13.2. The average Bonchev–Trinajstić information content (AvgIpc) is 3.35. The minimum Gasteiger partial charge on any atom is -0.497 e. The molecule has 0 amide bonds. The van der Waals surface area contributed by atoms with E-state index in [9.17, 15) is 0 Å². The van der Waals surface area contributed by atoms with Gasteiger partial charge in [0.25, 0.3) is 0 Å². The number of guanidine groups is 1. The fourth-order valence-corrected chi connectivity index (χ4v) is 5.06. The topological polar surface area (TPSA) is 40.1 Å². The summed E-state index contributed by atoms with van der Waals surface area (Å²) in [6.45, 7) is 5.61. The van der Waals surface area contributed by atoms with Crippen LogP contribution in [0.1, 0.15) is 50.1 Å². The molecule has 1 aromatic rings. The Morgan fingerprint density at radius 3 is 2.41 bits per heavy atom. The predicted octanol–water partition coefficient (Wildman–Crippen LogP) is 3.28. The van der Waals surface area contributed by atoms with Crippen molar-refractivity contribution in [2.75, 3.05) is 46.9 Å². The van der Waals surface area contributed by atoms with Gasteiger partial charge in [-0.15, -0.1) is 0 Å². The molecule has 27 heavy (non-hydrogen) atoms. The highest BCUT2D eigenvalue weighted by atomic mass is 16.5. The maximum absolute atomic E-state index is 5.34. The molecule has 5 nitrogen and oxygen atoms in total. The van der Waals surface area contributed by atoms with Crippen molar-refractivity contribution in [1.29, 1.82) is 0 Å². The summed E-state index contributed by atoms with van der Waals surface area (Å²) in [7, 11) is 3.65. The summed E-state index contributed by atoms with van der Waals surface area (Å²) in [5.41, 5.74) is 1.96. The Hall–Kier alpha value is -1.75. The number of ether oxygens (including phenoxy) is 1. The van der Waals surface area contributed by atoms with Crippen molar-refractivity contribution >= 4 is 5.96 Å². The maximum Gasteiger partial charge on any atom is 0.193 e. The normalized spacial score (nSPS) is 23.5. The van der Waals surface area contributed by atoms with Gasteiger partial charge in [-0.2, -0.15) is 0 Å². The van der Waals surface area contributed by atoms with Gasteiger partial charge in [-0.05, 0) is 68.3 Å². The summed E-state index contributed by atoms with van der Waals surface area (Å²) in [4.78, 5) is 9.70. The molecule has 2 saturated heterocycles. The van der Waals surface area contributed by atoms with E-state index in [1.165, 1.54) is 63.7 Å². The first kappa shape index (κ1) is 18.6. The Labute approximate surface area is 163 Å². The van der Waals surface area contributed by atoms with Crippen LogP contribution in [0.2, 0.25) is 0 Å². The lowest BCUT2D eigenvalue weighted by Gasteiger charge is -2.38. The summed E-state index contributed by atoms with van der Waals surface area (Å²) in [5.74, 6) is 2.00. The molecule has 1 aliphatic carbocycles. The lowest BCUT2D eigenvalue weighted by atomic mass is 9.68. The van der Waals surface area contributed by atoms with Crippen LogP contribution in [-0.4, -0.2) is 62.6 Å². The quantitative estimate of drug-likeness (QED) is 0.638. The molecule has 2 heterocycles. The molecule has 1 unspecified atom stereocenters. The van der Waals surface area contributed by atoms with E-state index in [4.69, 9.17) is 4.74 Å². The number of nitrogens with one attached hydrogen (secondary N) is 1. The van der Waals surface area contributed by atoms with Crippen LogP contribution in [-0.2, 0) is 0 Å². The summed E-state index contributed by atoms with van der Waals surface area (Å²) >= 11 is 0. The minimum absolute atomic E-state index is 0.385. The molecule has 3 aliphatic rings. The molecule has 3 fully saturated rings. The number of aliphatic imine (C=N–C) groups is 1. The molecule has 0 aromatic heterocycles. The maximum atomic E-state index is 5.34. The second kappa shape index (κ2) is 8.09. The third-order valence-corrected chi connectivity index (χ3v) is 6.90. The van der Waals surface area contributed by atoms with Gasteiger partial charge in [0.15, 0.2) is 5.96 Å². The lowest BCUT2D eigenvalue weighted by Crippen LogP contribution is -2.45. The molecule has 4 rings (SSSR count). The van der Waals surface area contributed by atoms with Crippen LogP contribution < -0.4 is 10.1 Å². The van der Waals surface area contributed by atoms with Gasteiger partial charge in [0.2, 0.25) is 0 Å². The van der Waals surface area contributed by atoms with Gasteiger partial charge in [-0.1, -0.05) is 18.6 Å². The van der Waals surface area contributed by atoms with Crippen LogP contribution in [0.4, 0.5) is 0 Å². The number of methoxy groups -OCH3 is 1. The third kappa shape index (κ3) is 3.93. The van der Waals surface area contributed by atoms with Crippen molar-refractivity contribution in [1.82, 2.24) is 15.1 Å². The van der Waals surface area contributed by atoms with Gasteiger partial charge < -0.3 is 15.0 Å². The van der Waals surface area contributed by atoms with Gasteiger partial charge in [0, 0.05) is 26.7 Å². The molecule has 0 radical (unpaired) electrons. The fourth-order valence-electron chi connectivity index (χ4n) is 5.06. The highest BCUT2D eigenvalue weighted by Crippen LogP contribution is 2.47. The third-order valence-electron chi connectivity index (χ3n) is 6.90. The molecule has 2 aliphatic heterocycles. The number of likely N-dealkylation sites (tertiary alicyclic amines) is 2. The van der Waals surface area contributed by atoms with Crippen LogP contribution in [0.15, 0.2) is 29.3 Å². The molecule has 1 saturated carbocycles. The lowest BCUT2D eigenvalue weighted by molar-refractivity contribution is 0.151. The molecule has 1 atom stereocenters. The smallest absolute Gasteiger partial charge is 0.193 e. The van der Waals surface area contributed by atoms with E-state index in [1.807, 2.05) is 7.05 Å². The summed E-state index contributed by atoms with van der Waals surface area (Å²) in [6.07, 6.45) is 8.16. The van der Waals surface area contributed by atoms with Crippen molar-refractivity contribution in [3.8, 4) is 5.75 Å². The Morgan fingerprint density at radius 2 is 1.85 bits per heavy atom. The van der Waals surface area contributed by atoms with Gasteiger partial charge in [0.1, 0.15) is 5.75 Å². The number of hydrogen-bond acceptors (Lipinski definition) is 3. The molecule has 5 heteroatoms. The van der Waals surface area contributed by atoms with Gasteiger partial charge in [-0.3, -0.25) is 9.89 Å². The Morgan fingerprint density at radius 1 is 1.11 bits per heavy atom. The second-order valence-electron chi connectivity index (χ2n) is 8.49. The highest BCUT2D eigenvalue weighted by molar-refractivity contribution is 5.80. The number of hydrogen-bond donors (Lipinski definition) is 1. The number of benzene rings is 1. The van der Waals surface area contributed by atoms with E-state index in [-0.39, 0.29) is 0 Å². The Kier molecular flexibility index (Phi) is 5.58. The zero-order chi connectivity index (χ0) is 18.7. The van der Waals surface area contributed by atoms with Gasteiger partial charge in [0.05, 0.1) is 13.2 Å². The molecular formula is C22H34N4O. The predicted molar refractivity (Wildman–Crippen MR) is 110 cm³/mol. The van der Waals surface area contributed by atoms with E-state index in [0.717, 1.165) is 24.8 Å². The van der Waals surface area contributed by atoms with E-state index in [2.05, 4.69) is 44.4 Å². The van der Waals surface area contributed by atoms with Crippen LogP contribution in [0.25, 0.3) is 0 Å². The van der Waals surface area contributed by atoms with Gasteiger partial charge in [-0.25, -0.2) is 0 Å². The molecule has 148 valence electrons. The molecule has 1 spiro atoms. The van der Waals surface area contributed by atoms with Crippen molar-refractivity contribution in [3.05, 3.63) is 29.8 Å². The average molecular weight is 371 g/mol. The minimum atomic E-state index is 0.385. The summed E-state index contributed by atoms with van der Waals surface area (Å²) in [6, 6.07) is 8.97. The second-order valence-corrected chi connectivity index (χ2v) is 8.49. The van der Waals surface area contributed by atoms with Crippen molar-refractivity contribution in [2.24, 2.45) is 10.4 Å². The van der Waals surface area contributed by atoms with Crippen molar-refractivity contribution in [3.63, 3.8) is 0 Å². The van der Waals surface area contributed by atoms with Crippen LogP contribution in [0, 0.1) is 5.41 Å². The highest BCUT2D eigenvalue weighted by Gasteiger charge is 2.43. The zero-order valence-corrected chi connectivity index (χ0v) is 16.9. The summed E-state index contributed by atoms with van der Waals surface area (Å²) in [5, 5.41) is 3.70. The monoisotopic (exact) mass is 370 g/mol. The standard InChI is InChI=1S/C22H34N4O/c1-23-21(26-15-12-22(17-26)10-5-11-22)24-16-20(25-13-3-4-14-25)18-6-8-19(27-2)9-7-18/h6-9,20H,3-5,10-17H2,1-2H3,(H,23,24). The van der Waals surface area contributed by atoms with E-state index >= 15 is 0 Å². The first-order valence-corrected chi connectivity index (χ1v) is 10.6. The number of nitrogens with zero attached hydrogens (tertiary/aromatic N) is 3. The molecule has 1 aromatic carbocycles. The Balaban J connectivity index is 1.42. The van der Waals surface area contributed by atoms with Crippen LogP contribution in [0.3, 0.4) is 0 Å². The van der Waals surface area contributed by atoms with E-state index in [1.54, 1.807) is 7.11 Å². The molecular weight excluding hydrogens is 336 g/mol. The van der Waals surface area contributed by atoms with E-state index in [0.29, 0.717) is 11.5 Å². The van der Waals surface area contributed by atoms with Crippen LogP contribution in [0.5, 0.6) is 5.75 Å². The van der Waals surface area contributed by atoms with E-state index < -0.39 is 0 Å². The van der Waals surface area contributed by atoms with Crippen molar-refractivity contribution in [2.45, 2.75) is 44.6 Å². The van der Waals surface area contributed by atoms with Crippen LogP contribution >= 0.6 is 0 Å². The zero-order valence-electron chi connectivity index (χ0n) is 16.9.